The quantitative estimate of drug-likeness (QED) is 0.475. The summed E-state index contributed by atoms with van der Waals surface area (Å²) in [5.74, 6) is 0.0487. The third kappa shape index (κ3) is 4.46. The van der Waals surface area contributed by atoms with Gasteiger partial charge in [0.2, 0.25) is 0 Å². The summed E-state index contributed by atoms with van der Waals surface area (Å²) in [6.07, 6.45) is 0.831. The number of benzene rings is 2. The lowest BCUT2D eigenvalue weighted by molar-refractivity contribution is 0.0958. The molecule has 4 aromatic rings. The van der Waals surface area contributed by atoms with Crippen LogP contribution in [0.2, 0.25) is 0 Å². The Bertz CT molecular complexity index is 1290. The van der Waals surface area contributed by atoms with Crippen molar-refractivity contribution in [1.29, 1.82) is 0 Å². The highest BCUT2D eigenvalue weighted by Crippen LogP contribution is 2.25. The van der Waals surface area contributed by atoms with Crippen molar-refractivity contribution < 1.29 is 13.4 Å². The van der Waals surface area contributed by atoms with Crippen LogP contribution in [-0.4, -0.2) is 29.2 Å². The SMILES string of the molecule is CC(C)Cc1ccc2cccc(S(=O)NC(=O)c3cc4ccc(N(C)C)cc4o3)c2n1. The van der Waals surface area contributed by atoms with Gasteiger partial charge in [-0.25, -0.2) is 4.21 Å². The molecule has 0 saturated heterocycles. The van der Waals surface area contributed by atoms with E-state index in [-0.39, 0.29) is 5.76 Å². The van der Waals surface area contributed by atoms with Crippen molar-refractivity contribution in [3.63, 3.8) is 0 Å². The normalized spacial score (nSPS) is 12.4. The second-order valence-corrected chi connectivity index (χ2v) is 9.34. The summed E-state index contributed by atoms with van der Waals surface area (Å²) in [6, 6.07) is 16.8. The van der Waals surface area contributed by atoms with Gasteiger partial charge >= 0.3 is 0 Å². The topological polar surface area (TPSA) is 75.4 Å². The Balaban J connectivity index is 1.61. The molecule has 0 aliphatic carbocycles. The number of hydrogen-bond acceptors (Lipinski definition) is 5. The van der Waals surface area contributed by atoms with E-state index in [1.807, 2.05) is 61.5 Å². The van der Waals surface area contributed by atoms with E-state index < -0.39 is 16.9 Å². The molecule has 0 fully saturated rings. The number of para-hydroxylation sites is 1. The van der Waals surface area contributed by atoms with Gasteiger partial charge in [0.15, 0.2) is 16.7 Å². The summed E-state index contributed by atoms with van der Waals surface area (Å²) < 4.78 is 21.3. The van der Waals surface area contributed by atoms with E-state index in [2.05, 4.69) is 18.6 Å². The van der Waals surface area contributed by atoms with Crippen molar-refractivity contribution in [3.05, 3.63) is 66.1 Å². The first-order valence-corrected chi connectivity index (χ1v) is 11.3. The van der Waals surface area contributed by atoms with Crippen LogP contribution in [-0.2, 0) is 17.4 Å². The smallest absolute Gasteiger partial charge is 0.298 e. The molecule has 31 heavy (non-hydrogen) atoms. The Kier molecular flexibility index (Phi) is 5.78. The first kappa shape index (κ1) is 21.1. The average Bonchev–Trinajstić information content (AvgIpc) is 3.16. The van der Waals surface area contributed by atoms with Crippen molar-refractivity contribution in [3.8, 4) is 0 Å². The lowest BCUT2D eigenvalue weighted by Crippen LogP contribution is -2.25. The second-order valence-electron chi connectivity index (χ2n) is 8.16. The lowest BCUT2D eigenvalue weighted by atomic mass is 10.1. The molecular weight excluding hydrogens is 410 g/mol. The average molecular weight is 436 g/mol. The minimum Gasteiger partial charge on any atom is -0.451 e. The number of anilines is 1. The third-order valence-corrected chi connectivity index (χ3v) is 6.09. The molecule has 0 spiro atoms. The van der Waals surface area contributed by atoms with E-state index in [0.717, 1.165) is 28.6 Å². The Morgan fingerprint density at radius 1 is 1.10 bits per heavy atom. The van der Waals surface area contributed by atoms with E-state index in [1.54, 1.807) is 12.1 Å². The van der Waals surface area contributed by atoms with Crippen LogP contribution >= 0.6 is 0 Å². The molecule has 1 N–H and O–H groups in total. The van der Waals surface area contributed by atoms with E-state index in [0.29, 0.717) is 21.9 Å². The molecule has 6 nitrogen and oxygen atoms in total. The van der Waals surface area contributed by atoms with Crippen molar-refractivity contribution >= 4 is 44.5 Å². The van der Waals surface area contributed by atoms with Crippen LogP contribution in [0.5, 0.6) is 0 Å². The Morgan fingerprint density at radius 2 is 1.87 bits per heavy atom. The van der Waals surface area contributed by atoms with Crippen LogP contribution in [0.25, 0.3) is 21.9 Å². The summed E-state index contributed by atoms with van der Waals surface area (Å²) in [7, 11) is 2.10. The molecule has 0 radical (unpaired) electrons. The molecule has 0 aliphatic heterocycles. The molecule has 1 unspecified atom stereocenters. The van der Waals surface area contributed by atoms with Gasteiger partial charge in [-0.3, -0.25) is 14.5 Å². The molecule has 1 amide bonds. The van der Waals surface area contributed by atoms with Crippen LogP contribution in [0.15, 0.2) is 63.9 Å². The molecule has 2 aromatic carbocycles. The molecule has 4 rings (SSSR count). The first-order chi connectivity index (χ1) is 14.8. The maximum absolute atomic E-state index is 13.0. The van der Waals surface area contributed by atoms with Gasteiger partial charge in [-0.05, 0) is 42.7 Å². The van der Waals surface area contributed by atoms with Gasteiger partial charge in [-0.2, -0.15) is 0 Å². The number of furan rings is 1. The van der Waals surface area contributed by atoms with E-state index in [9.17, 15) is 9.00 Å². The highest BCUT2D eigenvalue weighted by Gasteiger charge is 2.18. The Hall–Kier alpha value is -3.19. The van der Waals surface area contributed by atoms with Gasteiger partial charge < -0.3 is 9.32 Å². The van der Waals surface area contributed by atoms with Gasteiger partial charge in [0.25, 0.3) is 5.91 Å². The fourth-order valence-corrected chi connectivity index (χ4v) is 4.36. The van der Waals surface area contributed by atoms with Crippen molar-refractivity contribution in [1.82, 2.24) is 9.71 Å². The van der Waals surface area contributed by atoms with Gasteiger partial charge in [0.05, 0.1) is 10.4 Å². The Morgan fingerprint density at radius 3 is 2.61 bits per heavy atom. The predicted molar refractivity (Wildman–Crippen MR) is 125 cm³/mol. The number of hydrogen-bond donors (Lipinski definition) is 1. The van der Waals surface area contributed by atoms with Gasteiger partial charge in [0.1, 0.15) is 5.58 Å². The fourth-order valence-electron chi connectivity index (χ4n) is 3.44. The zero-order chi connectivity index (χ0) is 22.1. The summed E-state index contributed by atoms with van der Waals surface area (Å²) in [6.45, 7) is 4.26. The van der Waals surface area contributed by atoms with Crippen LogP contribution in [0.3, 0.4) is 0 Å². The highest BCUT2D eigenvalue weighted by molar-refractivity contribution is 7.84. The number of nitrogens with zero attached hydrogens (tertiary/aromatic N) is 2. The molecule has 7 heteroatoms. The number of rotatable bonds is 6. The molecule has 1 atom stereocenters. The van der Waals surface area contributed by atoms with Gasteiger partial charge in [-0.1, -0.05) is 32.0 Å². The molecular formula is C24H25N3O3S. The predicted octanol–water partition coefficient (Wildman–Crippen LogP) is 4.70. The maximum Gasteiger partial charge on any atom is 0.298 e. The molecule has 160 valence electrons. The summed E-state index contributed by atoms with van der Waals surface area (Å²) in [4.78, 5) is 19.9. The van der Waals surface area contributed by atoms with E-state index in [1.165, 1.54) is 0 Å². The molecule has 0 bridgehead atoms. The largest absolute Gasteiger partial charge is 0.451 e. The number of fused-ring (bicyclic) bond motifs is 2. The lowest BCUT2D eigenvalue weighted by Gasteiger charge is -2.11. The Labute approximate surface area is 183 Å². The number of carbonyl (C=O) groups excluding carboxylic acids is 1. The zero-order valence-electron chi connectivity index (χ0n) is 18.0. The minimum absolute atomic E-state index is 0.118. The van der Waals surface area contributed by atoms with Gasteiger partial charge in [-0.15, -0.1) is 0 Å². The fraction of sp³-hybridized carbons (Fsp3) is 0.250. The van der Waals surface area contributed by atoms with Crippen LogP contribution in [0.4, 0.5) is 5.69 Å². The summed E-state index contributed by atoms with van der Waals surface area (Å²) in [5.41, 5.74) is 3.15. The molecule has 2 heterocycles. The number of nitrogens with one attached hydrogen (secondary N) is 1. The summed E-state index contributed by atoms with van der Waals surface area (Å²) in [5, 5.41) is 1.69. The number of pyridine rings is 1. The summed E-state index contributed by atoms with van der Waals surface area (Å²) >= 11 is 0. The van der Waals surface area contributed by atoms with Gasteiger partial charge in [0, 0.05) is 42.3 Å². The second kappa shape index (κ2) is 8.51. The van der Waals surface area contributed by atoms with E-state index >= 15 is 0 Å². The third-order valence-electron chi connectivity index (χ3n) is 4.99. The van der Waals surface area contributed by atoms with Crippen LogP contribution in [0.1, 0.15) is 30.1 Å². The maximum atomic E-state index is 13.0. The van der Waals surface area contributed by atoms with Crippen molar-refractivity contribution in [2.75, 3.05) is 19.0 Å². The van der Waals surface area contributed by atoms with Crippen molar-refractivity contribution in [2.45, 2.75) is 25.2 Å². The number of aromatic nitrogens is 1. The number of amides is 1. The monoisotopic (exact) mass is 435 g/mol. The van der Waals surface area contributed by atoms with Crippen LogP contribution < -0.4 is 9.62 Å². The molecule has 0 saturated carbocycles. The standard InChI is InChI=1S/C24H25N3O3S/c1-15(2)12-18-10-8-16-6-5-7-22(23(16)25-18)31(29)26-24(28)21-13-17-9-11-19(27(3)4)14-20(17)30-21/h5-11,13-15H,12H2,1-4H3,(H,26,28). The van der Waals surface area contributed by atoms with E-state index in [4.69, 9.17) is 9.40 Å². The van der Waals surface area contributed by atoms with Crippen LogP contribution in [0, 0.1) is 5.92 Å². The molecule has 0 aliphatic rings. The first-order valence-electron chi connectivity index (χ1n) is 10.1. The highest BCUT2D eigenvalue weighted by atomic mass is 32.2. The van der Waals surface area contributed by atoms with Crippen molar-refractivity contribution in [2.24, 2.45) is 5.92 Å². The zero-order valence-corrected chi connectivity index (χ0v) is 18.8. The molecule has 2 aromatic heterocycles. The minimum atomic E-state index is -1.77. The number of carbonyl (C=O) groups is 1.